The SMILES string of the molecule is Cn1cc(N2CCN(c3ncnc4[nH]ncc34)CC2=O)cn1. The molecule has 9 nitrogen and oxygen atoms in total. The summed E-state index contributed by atoms with van der Waals surface area (Å²) in [5.74, 6) is 0.757. The third-order valence-corrected chi connectivity index (χ3v) is 3.75. The van der Waals surface area contributed by atoms with E-state index in [2.05, 4.69) is 25.3 Å². The number of piperazine rings is 1. The molecular weight excluding hydrogens is 284 g/mol. The number of anilines is 2. The van der Waals surface area contributed by atoms with Gasteiger partial charge in [-0.2, -0.15) is 10.2 Å². The fraction of sp³-hybridized carbons (Fsp3) is 0.308. The van der Waals surface area contributed by atoms with E-state index < -0.39 is 0 Å². The van der Waals surface area contributed by atoms with Crippen molar-refractivity contribution in [3.05, 3.63) is 24.9 Å². The first-order chi connectivity index (χ1) is 10.7. The van der Waals surface area contributed by atoms with Gasteiger partial charge in [0.15, 0.2) is 5.65 Å². The van der Waals surface area contributed by atoms with Gasteiger partial charge in [-0.15, -0.1) is 0 Å². The summed E-state index contributed by atoms with van der Waals surface area (Å²) in [6, 6.07) is 0. The standard InChI is InChI=1S/C13H14N8O/c1-19-6-9(4-17-19)21-3-2-20(7-11(21)22)13-10-5-16-18-12(10)14-8-15-13/h4-6,8H,2-3,7H2,1H3,(H,14,15,16,18). The van der Waals surface area contributed by atoms with Crippen LogP contribution in [0, 0.1) is 0 Å². The summed E-state index contributed by atoms with van der Waals surface area (Å²) < 4.78 is 1.69. The normalized spacial score (nSPS) is 15.8. The molecule has 1 saturated heterocycles. The van der Waals surface area contributed by atoms with E-state index in [0.29, 0.717) is 18.7 Å². The minimum atomic E-state index is 0.0227. The Morgan fingerprint density at radius 3 is 2.91 bits per heavy atom. The van der Waals surface area contributed by atoms with Crippen molar-refractivity contribution in [1.29, 1.82) is 0 Å². The van der Waals surface area contributed by atoms with Crippen molar-refractivity contribution in [3.63, 3.8) is 0 Å². The number of aromatic amines is 1. The quantitative estimate of drug-likeness (QED) is 0.712. The lowest BCUT2D eigenvalue weighted by Crippen LogP contribution is -2.50. The Bertz CT molecular complexity index is 837. The smallest absolute Gasteiger partial charge is 0.246 e. The lowest BCUT2D eigenvalue weighted by Gasteiger charge is -2.34. The zero-order chi connectivity index (χ0) is 15.1. The van der Waals surface area contributed by atoms with Crippen molar-refractivity contribution in [1.82, 2.24) is 29.9 Å². The Labute approximate surface area is 125 Å². The lowest BCUT2D eigenvalue weighted by molar-refractivity contribution is -0.117. The van der Waals surface area contributed by atoms with Crippen LogP contribution in [-0.2, 0) is 11.8 Å². The number of carbonyl (C=O) groups excluding carboxylic acids is 1. The molecule has 0 atom stereocenters. The molecule has 1 amide bonds. The molecule has 4 heterocycles. The maximum absolute atomic E-state index is 12.4. The van der Waals surface area contributed by atoms with Gasteiger partial charge in [-0.25, -0.2) is 9.97 Å². The number of aromatic nitrogens is 6. The number of hydrogen-bond donors (Lipinski definition) is 1. The van der Waals surface area contributed by atoms with Crippen molar-refractivity contribution in [2.45, 2.75) is 0 Å². The van der Waals surface area contributed by atoms with Crippen LogP contribution in [0.5, 0.6) is 0 Å². The van der Waals surface area contributed by atoms with E-state index in [4.69, 9.17) is 0 Å². The zero-order valence-corrected chi connectivity index (χ0v) is 12.0. The first-order valence-electron chi connectivity index (χ1n) is 6.90. The van der Waals surface area contributed by atoms with Crippen LogP contribution in [0.15, 0.2) is 24.9 Å². The summed E-state index contributed by atoms with van der Waals surface area (Å²) in [5.41, 5.74) is 1.50. The predicted molar refractivity (Wildman–Crippen MR) is 79.5 cm³/mol. The summed E-state index contributed by atoms with van der Waals surface area (Å²) >= 11 is 0. The molecular formula is C13H14N8O. The predicted octanol–water partition coefficient (Wildman–Crippen LogP) is -0.0604. The van der Waals surface area contributed by atoms with Gasteiger partial charge in [0.25, 0.3) is 0 Å². The first kappa shape index (κ1) is 12.7. The van der Waals surface area contributed by atoms with Crippen LogP contribution in [0.2, 0.25) is 0 Å². The molecule has 0 radical (unpaired) electrons. The molecule has 112 valence electrons. The molecule has 3 aromatic rings. The van der Waals surface area contributed by atoms with E-state index in [0.717, 1.165) is 16.9 Å². The van der Waals surface area contributed by atoms with E-state index in [1.165, 1.54) is 6.33 Å². The van der Waals surface area contributed by atoms with Crippen molar-refractivity contribution in [2.75, 3.05) is 29.4 Å². The summed E-state index contributed by atoms with van der Waals surface area (Å²) in [4.78, 5) is 24.6. The Balaban J connectivity index is 1.60. The number of nitrogens with one attached hydrogen (secondary N) is 1. The molecule has 0 aliphatic carbocycles. The van der Waals surface area contributed by atoms with E-state index in [1.807, 2.05) is 18.1 Å². The maximum Gasteiger partial charge on any atom is 0.246 e. The monoisotopic (exact) mass is 298 g/mol. The number of carbonyl (C=O) groups is 1. The lowest BCUT2D eigenvalue weighted by atomic mass is 10.2. The Kier molecular flexibility index (Phi) is 2.78. The second-order valence-electron chi connectivity index (χ2n) is 5.17. The molecule has 1 N–H and O–H groups in total. The highest BCUT2D eigenvalue weighted by atomic mass is 16.2. The molecule has 1 fully saturated rings. The molecule has 0 saturated carbocycles. The molecule has 3 aromatic heterocycles. The number of hydrogen-bond acceptors (Lipinski definition) is 6. The Hall–Kier alpha value is -2.97. The molecule has 1 aliphatic rings. The third kappa shape index (κ3) is 1.98. The van der Waals surface area contributed by atoms with Crippen molar-refractivity contribution < 1.29 is 4.79 Å². The highest BCUT2D eigenvalue weighted by Gasteiger charge is 2.27. The Morgan fingerprint density at radius 1 is 1.23 bits per heavy atom. The largest absolute Gasteiger partial charge is 0.345 e. The average molecular weight is 298 g/mol. The van der Waals surface area contributed by atoms with E-state index in [1.54, 1.807) is 22.0 Å². The van der Waals surface area contributed by atoms with Crippen LogP contribution in [-0.4, -0.2) is 55.5 Å². The summed E-state index contributed by atoms with van der Waals surface area (Å²) in [5, 5.41) is 11.7. The van der Waals surface area contributed by atoms with Gasteiger partial charge >= 0.3 is 0 Å². The molecule has 1 aliphatic heterocycles. The fourth-order valence-corrected chi connectivity index (χ4v) is 2.68. The number of amides is 1. The molecule has 0 spiro atoms. The van der Waals surface area contributed by atoms with Crippen molar-refractivity contribution >= 4 is 28.4 Å². The van der Waals surface area contributed by atoms with Crippen LogP contribution >= 0.6 is 0 Å². The van der Waals surface area contributed by atoms with E-state index in [9.17, 15) is 4.79 Å². The van der Waals surface area contributed by atoms with Crippen molar-refractivity contribution in [3.8, 4) is 0 Å². The number of rotatable bonds is 2. The minimum Gasteiger partial charge on any atom is -0.345 e. The summed E-state index contributed by atoms with van der Waals surface area (Å²) in [6.07, 6.45) is 6.70. The van der Waals surface area contributed by atoms with Crippen LogP contribution in [0.4, 0.5) is 11.5 Å². The minimum absolute atomic E-state index is 0.0227. The molecule has 4 rings (SSSR count). The highest BCUT2D eigenvalue weighted by Crippen LogP contribution is 2.24. The molecule has 22 heavy (non-hydrogen) atoms. The molecule has 9 heteroatoms. The molecule has 0 unspecified atom stereocenters. The maximum atomic E-state index is 12.4. The molecule has 0 aromatic carbocycles. The van der Waals surface area contributed by atoms with Gasteiger partial charge in [0.2, 0.25) is 5.91 Å². The fourth-order valence-electron chi connectivity index (χ4n) is 2.68. The number of fused-ring (bicyclic) bond motifs is 1. The van der Waals surface area contributed by atoms with Gasteiger partial charge in [-0.05, 0) is 0 Å². The topological polar surface area (TPSA) is 95.8 Å². The summed E-state index contributed by atoms with van der Waals surface area (Å²) in [7, 11) is 1.83. The summed E-state index contributed by atoms with van der Waals surface area (Å²) in [6.45, 7) is 1.55. The van der Waals surface area contributed by atoms with Gasteiger partial charge in [0.1, 0.15) is 12.1 Å². The van der Waals surface area contributed by atoms with Crippen LogP contribution < -0.4 is 9.80 Å². The second-order valence-corrected chi connectivity index (χ2v) is 5.17. The van der Waals surface area contributed by atoms with Gasteiger partial charge in [-0.1, -0.05) is 0 Å². The molecule has 0 bridgehead atoms. The third-order valence-electron chi connectivity index (χ3n) is 3.75. The van der Waals surface area contributed by atoms with Crippen LogP contribution in [0.1, 0.15) is 0 Å². The second kappa shape index (κ2) is 4.79. The van der Waals surface area contributed by atoms with Gasteiger partial charge < -0.3 is 9.80 Å². The highest BCUT2D eigenvalue weighted by molar-refractivity contribution is 5.99. The first-order valence-corrected chi connectivity index (χ1v) is 6.90. The zero-order valence-electron chi connectivity index (χ0n) is 12.0. The van der Waals surface area contributed by atoms with E-state index in [-0.39, 0.29) is 12.5 Å². The number of aryl methyl sites for hydroxylation is 1. The van der Waals surface area contributed by atoms with E-state index >= 15 is 0 Å². The van der Waals surface area contributed by atoms with Crippen LogP contribution in [0.3, 0.4) is 0 Å². The van der Waals surface area contributed by atoms with Gasteiger partial charge in [0, 0.05) is 26.3 Å². The Morgan fingerprint density at radius 2 is 2.14 bits per heavy atom. The number of H-pyrrole nitrogens is 1. The van der Waals surface area contributed by atoms with Gasteiger partial charge in [-0.3, -0.25) is 14.6 Å². The van der Waals surface area contributed by atoms with Crippen molar-refractivity contribution in [2.24, 2.45) is 7.05 Å². The van der Waals surface area contributed by atoms with Crippen LogP contribution in [0.25, 0.3) is 11.0 Å². The van der Waals surface area contributed by atoms with Gasteiger partial charge in [0.05, 0.1) is 30.0 Å². The number of nitrogens with zero attached hydrogens (tertiary/aromatic N) is 7. The average Bonchev–Trinajstić information content (AvgIpc) is 3.15.